The van der Waals surface area contributed by atoms with Gasteiger partial charge in [-0.2, -0.15) is 0 Å². The second-order valence-electron chi connectivity index (χ2n) is 3.83. The third-order valence-corrected chi connectivity index (χ3v) is 2.79. The van der Waals surface area contributed by atoms with Crippen LogP contribution < -0.4 is 0 Å². The Morgan fingerprint density at radius 3 is 2.86 bits per heavy atom. The summed E-state index contributed by atoms with van der Waals surface area (Å²) in [4.78, 5) is 1.99. The average Bonchev–Trinajstić information content (AvgIpc) is 2.46. The number of benzene rings is 1. The Labute approximate surface area is 83.0 Å². The molecule has 0 spiro atoms. The number of nitrogens with zero attached hydrogens (tertiary/aromatic N) is 1. The van der Waals surface area contributed by atoms with E-state index in [1.165, 1.54) is 0 Å². The number of aromatic hydroxyl groups is 1. The van der Waals surface area contributed by atoms with E-state index in [1.54, 1.807) is 18.2 Å². The minimum Gasteiger partial charge on any atom is -0.508 e. The van der Waals surface area contributed by atoms with Gasteiger partial charge in [-0.3, -0.25) is 4.90 Å². The zero-order valence-corrected chi connectivity index (χ0v) is 8.15. The summed E-state index contributed by atoms with van der Waals surface area (Å²) >= 11 is 0. The second kappa shape index (κ2) is 3.58. The summed E-state index contributed by atoms with van der Waals surface area (Å²) in [6.45, 7) is 0.779. The topological polar surface area (TPSA) is 23.5 Å². The first-order chi connectivity index (χ1) is 6.68. The molecule has 2 rings (SSSR count). The van der Waals surface area contributed by atoms with E-state index in [0.29, 0.717) is 6.42 Å². The summed E-state index contributed by atoms with van der Waals surface area (Å²) in [7, 11) is 1.91. The lowest BCUT2D eigenvalue weighted by atomic mass is 10.0. The van der Waals surface area contributed by atoms with E-state index in [2.05, 4.69) is 0 Å². The Bertz CT molecular complexity index is 319. The summed E-state index contributed by atoms with van der Waals surface area (Å²) in [6, 6.07) is 6.66. The van der Waals surface area contributed by atoms with E-state index in [9.17, 15) is 9.50 Å². The second-order valence-corrected chi connectivity index (χ2v) is 3.83. The molecule has 0 amide bonds. The average molecular weight is 195 g/mol. The van der Waals surface area contributed by atoms with Gasteiger partial charge in [0.15, 0.2) is 0 Å². The van der Waals surface area contributed by atoms with Crippen molar-refractivity contribution in [2.75, 3.05) is 13.6 Å². The molecule has 1 aromatic carbocycles. The number of hydrogen-bond donors (Lipinski definition) is 1. The monoisotopic (exact) mass is 195 g/mol. The molecule has 1 N–H and O–H groups in total. The molecule has 2 atom stereocenters. The van der Waals surface area contributed by atoms with Crippen molar-refractivity contribution >= 4 is 0 Å². The van der Waals surface area contributed by atoms with E-state index >= 15 is 0 Å². The first-order valence-corrected chi connectivity index (χ1v) is 4.82. The Morgan fingerprint density at radius 1 is 1.50 bits per heavy atom. The molecular weight excluding hydrogens is 181 g/mol. The van der Waals surface area contributed by atoms with E-state index in [4.69, 9.17) is 0 Å². The number of likely N-dealkylation sites (tertiary alicyclic amines) is 1. The lowest BCUT2D eigenvalue weighted by Crippen LogP contribution is -2.21. The van der Waals surface area contributed by atoms with Crippen molar-refractivity contribution in [1.29, 1.82) is 0 Å². The van der Waals surface area contributed by atoms with Crippen LogP contribution in [0.5, 0.6) is 5.75 Å². The molecule has 1 aromatic rings. The van der Waals surface area contributed by atoms with Gasteiger partial charge in [0.2, 0.25) is 0 Å². The summed E-state index contributed by atoms with van der Waals surface area (Å²) in [5, 5.41) is 9.30. The van der Waals surface area contributed by atoms with Gasteiger partial charge in [-0.25, -0.2) is 4.39 Å². The van der Waals surface area contributed by atoms with Gasteiger partial charge < -0.3 is 5.11 Å². The Hall–Kier alpha value is -1.09. The minimum atomic E-state index is -0.818. The molecule has 1 fully saturated rings. The first kappa shape index (κ1) is 9.46. The zero-order chi connectivity index (χ0) is 10.1. The molecule has 76 valence electrons. The van der Waals surface area contributed by atoms with Crippen molar-refractivity contribution < 1.29 is 9.50 Å². The van der Waals surface area contributed by atoms with Crippen LogP contribution in [0.4, 0.5) is 4.39 Å². The van der Waals surface area contributed by atoms with Gasteiger partial charge in [-0.15, -0.1) is 0 Å². The van der Waals surface area contributed by atoms with Crippen LogP contribution in [0.15, 0.2) is 24.3 Å². The van der Waals surface area contributed by atoms with Crippen LogP contribution in [-0.2, 0) is 0 Å². The molecule has 0 aromatic heterocycles. The molecule has 1 aliphatic heterocycles. The van der Waals surface area contributed by atoms with Crippen molar-refractivity contribution in [3.8, 4) is 5.75 Å². The van der Waals surface area contributed by atoms with Gasteiger partial charge in [-0.05, 0) is 31.2 Å². The molecule has 1 saturated heterocycles. The third kappa shape index (κ3) is 1.60. The predicted octanol–water partition coefficient (Wildman–Crippen LogP) is 2.11. The molecule has 0 bridgehead atoms. The molecule has 0 radical (unpaired) electrons. The molecule has 2 unspecified atom stereocenters. The van der Waals surface area contributed by atoms with Crippen molar-refractivity contribution in [3.63, 3.8) is 0 Å². The molecule has 0 saturated carbocycles. The van der Waals surface area contributed by atoms with Crippen LogP contribution in [0.3, 0.4) is 0 Å². The molecule has 3 heteroatoms. The number of alkyl halides is 1. The predicted molar refractivity (Wildman–Crippen MR) is 53.0 cm³/mol. The summed E-state index contributed by atoms with van der Waals surface area (Å²) in [6.07, 6.45) is -0.238. The highest BCUT2D eigenvalue weighted by Gasteiger charge is 2.32. The van der Waals surface area contributed by atoms with E-state index in [1.807, 2.05) is 18.0 Å². The summed E-state index contributed by atoms with van der Waals surface area (Å²) in [5.41, 5.74) is 0.859. The Kier molecular flexibility index (Phi) is 2.42. The van der Waals surface area contributed by atoms with E-state index in [0.717, 1.165) is 12.1 Å². The van der Waals surface area contributed by atoms with Gasteiger partial charge in [-0.1, -0.05) is 12.1 Å². The zero-order valence-electron chi connectivity index (χ0n) is 8.15. The van der Waals surface area contributed by atoms with Crippen molar-refractivity contribution in [1.82, 2.24) is 4.90 Å². The molecule has 2 nitrogen and oxygen atoms in total. The first-order valence-electron chi connectivity index (χ1n) is 4.82. The smallest absolute Gasteiger partial charge is 0.121 e. The highest BCUT2D eigenvalue weighted by Crippen LogP contribution is 2.34. The number of rotatable bonds is 1. The maximum Gasteiger partial charge on any atom is 0.121 e. The van der Waals surface area contributed by atoms with Gasteiger partial charge >= 0.3 is 0 Å². The fourth-order valence-corrected chi connectivity index (χ4v) is 2.07. The highest BCUT2D eigenvalue weighted by molar-refractivity contribution is 5.30. The third-order valence-electron chi connectivity index (χ3n) is 2.79. The van der Waals surface area contributed by atoms with Gasteiger partial charge in [0.05, 0.1) is 6.04 Å². The molecule has 1 heterocycles. The van der Waals surface area contributed by atoms with E-state index in [-0.39, 0.29) is 11.8 Å². The number of hydrogen-bond acceptors (Lipinski definition) is 2. The number of halogens is 1. The van der Waals surface area contributed by atoms with Gasteiger partial charge in [0.1, 0.15) is 11.9 Å². The standard InChI is InChI=1S/C11H14FNO/c1-13-6-5-10(12)11(13)8-3-2-4-9(14)7-8/h2-4,7,10-11,14H,5-6H2,1H3. The van der Waals surface area contributed by atoms with Crippen LogP contribution in [0.1, 0.15) is 18.0 Å². The maximum absolute atomic E-state index is 13.5. The molecule has 1 aliphatic rings. The van der Waals surface area contributed by atoms with Crippen LogP contribution in [0.2, 0.25) is 0 Å². The van der Waals surface area contributed by atoms with Crippen molar-refractivity contribution in [3.05, 3.63) is 29.8 Å². The van der Waals surface area contributed by atoms with Crippen molar-refractivity contribution in [2.24, 2.45) is 0 Å². The van der Waals surface area contributed by atoms with Crippen LogP contribution >= 0.6 is 0 Å². The lowest BCUT2D eigenvalue weighted by molar-refractivity contribution is 0.225. The Morgan fingerprint density at radius 2 is 2.29 bits per heavy atom. The number of phenolic OH excluding ortho intramolecular Hbond substituents is 1. The van der Waals surface area contributed by atoms with E-state index < -0.39 is 6.17 Å². The van der Waals surface area contributed by atoms with Crippen molar-refractivity contribution in [2.45, 2.75) is 18.6 Å². The SMILES string of the molecule is CN1CCC(F)C1c1cccc(O)c1. The Balaban J connectivity index is 2.29. The normalized spacial score (nSPS) is 28.1. The lowest BCUT2D eigenvalue weighted by Gasteiger charge is -2.21. The summed E-state index contributed by atoms with van der Waals surface area (Å²) < 4.78 is 13.5. The van der Waals surface area contributed by atoms with Crippen LogP contribution in [0.25, 0.3) is 0 Å². The molecule has 0 aliphatic carbocycles. The summed E-state index contributed by atoms with van der Waals surface area (Å²) in [5.74, 6) is 0.204. The van der Waals surface area contributed by atoms with Crippen LogP contribution in [0, 0.1) is 0 Å². The number of phenols is 1. The largest absolute Gasteiger partial charge is 0.508 e. The quantitative estimate of drug-likeness (QED) is 0.741. The van der Waals surface area contributed by atoms with Gasteiger partial charge in [0, 0.05) is 6.54 Å². The highest BCUT2D eigenvalue weighted by atomic mass is 19.1. The molecule has 14 heavy (non-hydrogen) atoms. The van der Waals surface area contributed by atoms with Gasteiger partial charge in [0.25, 0.3) is 0 Å². The molecular formula is C11H14FNO. The maximum atomic E-state index is 13.5. The fraction of sp³-hybridized carbons (Fsp3) is 0.455. The minimum absolute atomic E-state index is 0.193. The fourth-order valence-electron chi connectivity index (χ4n) is 2.07. The van der Waals surface area contributed by atoms with Crippen LogP contribution in [-0.4, -0.2) is 29.8 Å².